The zero-order chi connectivity index (χ0) is 16.2. The number of morpholine rings is 1. The number of carbonyl (C=O) groups excluding carboxylic acids is 1. The van der Waals surface area contributed by atoms with Gasteiger partial charge in [-0.25, -0.2) is 4.79 Å². The Morgan fingerprint density at radius 1 is 1.39 bits per heavy atom. The molecule has 122 valence electrons. The molecule has 1 N–H and O–H groups in total. The molecule has 1 saturated heterocycles. The number of nitrogens with one attached hydrogen (secondary N) is 1. The third-order valence-corrected chi connectivity index (χ3v) is 4.08. The van der Waals surface area contributed by atoms with E-state index in [0.717, 1.165) is 12.1 Å². The minimum absolute atomic E-state index is 0.0300. The summed E-state index contributed by atoms with van der Waals surface area (Å²) in [5.41, 5.74) is 2.23. The van der Waals surface area contributed by atoms with Gasteiger partial charge >= 0.3 is 6.03 Å². The van der Waals surface area contributed by atoms with Crippen molar-refractivity contribution in [1.29, 1.82) is 0 Å². The molecule has 0 radical (unpaired) electrons. The van der Waals surface area contributed by atoms with E-state index in [1.54, 1.807) is 9.58 Å². The molecule has 0 bridgehead atoms. The molecule has 6 nitrogen and oxygen atoms in total. The van der Waals surface area contributed by atoms with Crippen LogP contribution in [0.5, 0.6) is 0 Å². The smallest absolute Gasteiger partial charge is 0.323 e. The van der Waals surface area contributed by atoms with Crippen LogP contribution in [0.25, 0.3) is 0 Å². The van der Waals surface area contributed by atoms with E-state index in [4.69, 9.17) is 4.74 Å². The van der Waals surface area contributed by atoms with Crippen LogP contribution in [-0.2, 0) is 18.2 Å². The van der Waals surface area contributed by atoms with Crippen LogP contribution in [0, 0.1) is 6.92 Å². The number of carbonyl (C=O) groups is 1. The molecular formula is C17H22N4O2. The first kappa shape index (κ1) is 15.6. The Labute approximate surface area is 136 Å². The average Bonchev–Trinajstić information content (AvgIpc) is 2.86. The summed E-state index contributed by atoms with van der Waals surface area (Å²) >= 11 is 0. The highest BCUT2D eigenvalue weighted by atomic mass is 16.5. The number of anilines is 1. The molecule has 2 amide bonds. The van der Waals surface area contributed by atoms with Gasteiger partial charge in [0.2, 0.25) is 0 Å². The van der Waals surface area contributed by atoms with Crippen molar-refractivity contribution in [2.45, 2.75) is 19.4 Å². The third kappa shape index (κ3) is 3.90. The summed E-state index contributed by atoms with van der Waals surface area (Å²) in [6.07, 6.45) is 0.843. The SMILES string of the molecule is Cc1cc(NC(=O)N2CCO[C@@H](Cc3ccccc3)C2)nn1C. The van der Waals surface area contributed by atoms with Gasteiger partial charge in [0.1, 0.15) is 0 Å². The largest absolute Gasteiger partial charge is 0.374 e. The topological polar surface area (TPSA) is 59.4 Å². The molecule has 1 fully saturated rings. The van der Waals surface area contributed by atoms with Gasteiger partial charge in [-0.05, 0) is 12.5 Å². The van der Waals surface area contributed by atoms with Crippen LogP contribution in [0.4, 0.5) is 10.6 Å². The zero-order valence-electron chi connectivity index (χ0n) is 13.5. The van der Waals surface area contributed by atoms with Crippen LogP contribution in [0.15, 0.2) is 36.4 Å². The third-order valence-electron chi connectivity index (χ3n) is 4.08. The number of hydrogen-bond acceptors (Lipinski definition) is 3. The van der Waals surface area contributed by atoms with Crippen molar-refractivity contribution in [2.24, 2.45) is 7.05 Å². The molecule has 6 heteroatoms. The Balaban J connectivity index is 1.58. The highest BCUT2D eigenvalue weighted by Gasteiger charge is 2.24. The number of hydrogen-bond donors (Lipinski definition) is 1. The van der Waals surface area contributed by atoms with E-state index >= 15 is 0 Å². The van der Waals surface area contributed by atoms with Gasteiger partial charge in [0.05, 0.1) is 12.7 Å². The average molecular weight is 314 g/mol. The first-order valence-corrected chi connectivity index (χ1v) is 7.84. The van der Waals surface area contributed by atoms with Crippen LogP contribution in [-0.4, -0.2) is 46.5 Å². The monoisotopic (exact) mass is 314 g/mol. The van der Waals surface area contributed by atoms with Crippen LogP contribution < -0.4 is 5.32 Å². The molecule has 1 atom stereocenters. The number of aryl methyl sites for hydroxylation is 2. The Hall–Kier alpha value is -2.34. The van der Waals surface area contributed by atoms with Crippen molar-refractivity contribution in [1.82, 2.24) is 14.7 Å². The van der Waals surface area contributed by atoms with E-state index < -0.39 is 0 Å². The van der Waals surface area contributed by atoms with Crippen molar-refractivity contribution >= 4 is 11.8 Å². The van der Waals surface area contributed by atoms with Gasteiger partial charge in [0.15, 0.2) is 5.82 Å². The highest BCUT2D eigenvalue weighted by molar-refractivity contribution is 5.88. The lowest BCUT2D eigenvalue weighted by atomic mass is 10.1. The lowest BCUT2D eigenvalue weighted by Crippen LogP contribution is -2.48. The van der Waals surface area contributed by atoms with E-state index in [-0.39, 0.29) is 12.1 Å². The molecule has 0 unspecified atom stereocenters. The van der Waals surface area contributed by atoms with Gasteiger partial charge < -0.3 is 9.64 Å². The Morgan fingerprint density at radius 3 is 2.87 bits per heavy atom. The number of aromatic nitrogens is 2. The minimum atomic E-state index is -0.121. The first-order chi connectivity index (χ1) is 11.1. The van der Waals surface area contributed by atoms with Crippen LogP contribution in [0.2, 0.25) is 0 Å². The summed E-state index contributed by atoms with van der Waals surface area (Å²) in [5, 5.41) is 7.12. The lowest BCUT2D eigenvalue weighted by Gasteiger charge is -2.32. The summed E-state index contributed by atoms with van der Waals surface area (Å²) in [6, 6.07) is 11.9. The second-order valence-electron chi connectivity index (χ2n) is 5.85. The van der Waals surface area contributed by atoms with Crippen LogP contribution in [0.3, 0.4) is 0 Å². The molecule has 1 aliphatic rings. The number of rotatable bonds is 3. The van der Waals surface area contributed by atoms with Crippen molar-refractivity contribution < 1.29 is 9.53 Å². The molecule has 2 heterocycles. The fraction of sp³-hybridized carbons (Fsp3) is 0.412. The normalized spacial score (nSPS) is 18.0. The quantitative estimate of drug-likeness (QED) is 0.945. The molecular weight excluding hydrogens is 292 g/mol. The molecule has 0 saturated carbocycles. The molecule has 1 aromatic carbocycles. The second-order valence-corrected chi connectivity index (χ2v) is 5.85. The lowest BCUT2D eigenvalue weighted by molar-refractivity contribution is -0.0113. The van der Waals surface area contributed by atoms with Gasteiger partial charge in [-0.3, -0.25) is 10.00 Å². The molecule has 23 heavy (non-hydrogen) atoms. The maximum atomic E-state index is 12.4. The molecule has 3 rings (SSSR count). The Morgan fingerprint density at radius 2 is 2.17 bits per heavy atom. The maximum Gasteiger partial charge on any atom is 0.323 e. The number of amides is 2. The fourth-order valence-corrected chi connectivity index (χ4v) is 2.71. The number of nitrogens with zero attached hydrogens (tertiary/aromatic N) is 3. The summed E-state index contributed by atoms with van der Waals surface area (Å²) in [4.78, 5) is 14.2. The predicted molar refractivity (Wildman–Crippen MR) is 88.4 cm³/mol. The second kappa shape index (κ2) is 6.83. The molecule has 0 spiro atoms. The van der Waals surface area contributed by atoms with E-state index in [1.807, 2.05) is 38.2 Å². The summed E-state index contributed by atoms with van der Waals surface area (Å²) in [7, 11) is 1.86. The van der Waals surface area contributed by atoms with E-state index in [0.29, 0.717) is 25.5 Å². The zero-order valence-corrected chi connectivity index (χ0v) is 13.5. The van der Waals surface area contributed by atoms with Crippen molar-refractivity contribution in [3.8, 4) is 0 Å². The Kier molecular flexibility index (Phi) is 4.62. The number of ether oxygens (including phenoxy) is 1. The summed E-state index contributed by atoms with van der Waals surface area (Å²) < 4.78 is 7.54. The summed E-state index contributed by atoms with van der Waals surface area (Å²) in [6.45, 7) is 3.70. The number of benzene rings is 1. The molecule has 1 aromatic heterocycles. The van der Waals surface area contributed by atoms with Crippen LogP contribution in [0.1, 0.15) is 11.3 Å². The predicted octanol–water partition coefficient (Wildman–Crippen LogP) is 2.20. The van der Waals surface area contributed by atoms with Gasteiger partial charge in [0, 0.05) is 38.3 Å². The van der Waals surface area contributed by atoms with Gasteiger partial charge in [-0.2, -0.15) is 5.10 Å². The van der Waals surface area contributed by atoms with Crippen molar-refractivity contribution in [3.63, 3.8) is 0 Å². The molecule has 0 aliphatic carbocycles. The summed E-state index contributed by atoms with van der Waals surface area (Å²) in [5.74, 6) is 0.584. The highest BCUT2D eigenvalue weighted by Crippen LogP contribution is 2.14. The molecule has 1 aliphatic heterocycles. The number of urea groups is 1. The Bertz CT molecular complexity index is 649. The minimum Gasteiger partial charge on any atom is -0.374 e. The van der Waals surface area contributed by atoms with Crippen LogP contribution >= 0.6 is 0 Å². The standard InChI is InChI=1S/C17H22N4O2/c1-13-10-16(19-20(13)2)18-17(22)21-8-9-23-15(12-21)11-14-6-4-3-5-7-14/h3-7,10,15H,8-9,11-12H2,1-2H3,(H,18,19,22)/t15-/m0/s1. The van der Waals surface area contributed by atoms with E-state index in [2.05, 4.69) is 22.5 Å². The van der Waals surface area contributed by atoms with Crippen molar-refractivity contribution in [2.75, 3.05) is 25.0 Å². The van der Waals surface area contributed by atoms with E-state index in [1.165, 1.54) is 5.56 Å². The van der Waals surface area contributed by atoms with E-state index in [9.17, 15) is 4.79 Å². The molecule has 2 aromatic rings. The van der Waals surface area contributed by atoms with Gasteiger partial charge in [-0.1, -0.05) is 30.3 Å². The van der Waals surface area contributed by atoms with Crippen molar-refractivity contribution in [3.05, 3.63) is 47.7 Å². The first-order valence-electron chi connectivity index (χ1n) is 7.84. The van der Waals surface area contributed by atoms with Gasteiger partial charge in [-0.15, -0.1) is 0 Å². The maximum absolute atomic E-state index is 12.4. The fourth-order valence-electron chi connectivity index (χ4n) is 2.71. The van der Waals surface area contributed by atoms with Gasteiger partial charge in [0.25, 0.3) is 0 Å².